The molecule has 0 radical (unpaired) electrons. The maximum atomic E-state index is 4.89. The first-order valence-electron chi connectivity index (χ1n) is 9.84. The van der Waals surface area contributed by atoms with E-state index in [1.807, 2.05) is 0 Å². The van der Waals surface area contributed by atoms with Crippen LogP contribution in [0.3, 0.4) is 0 Å². The number of aromatic nitrogens is 2. The van der Waals surface area contributed by atoms with Crippen molar-refractivity contribution < 1.29 is 0 Å². The number of anilines is 2. The lowest BCUT2D eigenvalue weighted by atomic mass is 10.1. The van der Waals surface area contributed by atoms with Crippen LogP contribution in [0.1, 0.15) is 51.4 Å². The standard InChI is InChI=1S/C21H28N4/c1-2-9-15-25(14-8-1)20-16-19(17-10-4-3-5-11-17)23-21(24-20)22-18-12-6-7-13-18/h3-5,10-11,16,18H,1-2,6-9,12-15H2,(H,22,23,24). The summed E-state index contributed by atoms with van der Waals surface area (Å²) >= 11 is 0. The summed E-state index contributed by atoms with van der Waals surface area (Å²) in [4.78, 5) is 12.2. The third kappa shape index (κ3) is 4.12. The Bertz CT molecular complexity index is 672. The molecule has 0 unspecified atom stereocenters. The molecule has 0 amide bonds. The molecule has 2 heterocycles. The Hall–Kier alpha value is -2.10. The molecule has 2 aliphatic rings. The summed E-state index contributed by atoms with van der Waals surface area (Å²) in [6.45, 7) is 2.21. The first-order chi connectivity index (χ1) is 12.4. The van der Waals surface area contributed by atoms with Gasteiger partial charge in [0.2, 0.25) is 5.95 Å². The van der Waals surface area contributed by atoms with Crippen molar-refractivity contribution in [3.63, 3.8) is 0 Å². The summed E-state index contributed by atoms with van der Waals surface area (Å²) in [7, 11) is 0. The second-order valence-electron chi connectivity index (χ2n) is 7.33. The van der Waals surface area contributed by atoms with Crippen LogP contribution in [-0.2, 0) is 0 Å². The molecule has 1 aliphatic heterocycles. The predicted octanol–water partition coefficient (Wildman–Crippen LogP) is 4.88. The normalized spacial score (nSPS) is 19.0. The van der Waals surface area contributed by atoms with Crippen molar-refractivity contribution in [1.82, 2.24) is 9.97 Å². The van der Waals surface area contributed by atoms with Gasteiger partial charge in [0.25, 0.3) is 0 Å². The SMILES string of the molecule is c1ccc(-c2cc(N3CCCCCC3)nc(NC3CCCC3)n2)cc1. The van der Waals surface area contributed by atoms with Gasteiger partial charge in [-0.25, -0.2) is 4.98 Å². The molecular formula is C21H28N4. The van der Waals surface area contributed by atoms with Crippen molar-refractivity contribution >= 4 is 11.8 Å². The van der Waals surface area contributed by atoms with Crippen molar-refractivity contribution in [3.8, 4) is 11.3 Å². The minimum atomic E-state index is 0.531. The molecule has 132 valence electrons. The summed E-state index contributed by atoms with van der Waals surface area (Å²) in [6.07, 6.45) is 10.3. The molecule has 1 aromatic carbocycles. The van der Waals surface area contributed by atoms with Crippen LogP contribution in [0.15, 0.2) is 36.4 Å². The maximum Gasteiger partial charge on any atom is 0.225 e. The number of benzene rings is 1. The van der Waals surface area contributed by atoms with Gasteiger partial charge in [0, 0.05) is 30.8 Å². The zero-order valence-electron chi connectivity index (χ0n) is 15.0. The van der Waals surface area contributed by atoms with E-state index in [1.165, 1.54) is 51.4 Å². The van der Waals surface area contributed by atoms with E-state index in [1.54, 1.807) is 0 Å². The highest BCUT2D eigenvalue weighted by molar-refractivity contribution is 5.65. The lowest BCUT2D eigenvalue weighted by Crippen LogP contribution is -2.26. The molecule has 1 aromatic heterocycles. The van der Waals surface area contributed by atoms with Crippen LogP contribution in [0.2, 0.25) is 0 Å². The Morgan fingerprint density at radius 2 is 1.56 bits per heavy atom. The minimum Gasteiger partial charge on any atom is -0.356 e. The summed E-state index contributed by atoms with van der Waals surface area (Å²) in [5, 5.41) is 3.60. The van der Waals surface area contributed by atoms with E-state index >= 15 is 0 Å². The van der Waals surface area contributed by atoms with Gasteiger partial charge in [0.15, 0.2) is 0 Å². The molecule has 4 heteroatoms. The fraction of sp³-hybridized carbons (Fsp3) is 0.524. The summed E-state index contributed by atoms with van der Waals surface area (Å²) in [5.41, 5.74) is 2.19. The van der Waals surface area contributed by atoms with Crippen LogP contribution in [-0.4, -0.2) is 29.1 Å². The van der Waals surface area contributed by atoms with Crippen molar-refractivity contribution in [2.75, 3.05) is 23.3 Å². The van der Waals surface area contributed by atoms with E-state index in [0.29, 0.717) is 6.04 Å². The highest BCUT2D eigenvalue weighted by atomic mass is 15.2. The van der Waals surface area contributed by atoms with Gasteiger partial charge in [-0.1, -0.05) is 56.0 Å². The fourth-order valence-corrected chi connectivity index (χ4v) is 3.97. The molecule has 25 heavy (non-hydrogen) atoms. The number of nitrogens with zero attached hydrogens (tertiary/aromatic N) is 3. The van der Waals surface area contributed by atoms with Gasteiger partial charge in [-0.05, 0) is 25.7 Å². The Morgan fingerprint density at radius 1 is 0.840 bits per heavy atom. The Balaban J connectivity index is 1.66. The molecule has 4 nitrogen and oxygen atoms in total. The van der Waals surface area contributed by atoms with E-state index in [0.717, 1.165) is 36.1 Å². The summed E-state index contributed by atoms with van der Waals surface area (Å²) in [5.74, 6) is 1.88. The van der Waals surface area contributed by atoms with Crippen LogP contribution in [0, 0.1) is 0 Å². The molecule has 1 saturated carbocycles. The first-order valence-corrected chi connectivity index (χ1v) is 9.84. The summed E-state index contributed by atoms with van der Waals surface area (Å²) < 4.78 is 0. The average Bonchev–Trinajstić information content (AvgIpc) is 3.01. The summed E-state index contributed by atoms with van der Waals surface area (Å²) in [6, 6.07) is 13.2. The third-order valence-electron chi connectivity index (χ3n) is 5.40. The van der Waals surface area contributed by atoms with E-state index in [-0.39, 0.29) is 0 Å². The molecule has 0 atom stereocenters. The number of nitrogens with one attached hydrogen (secondary N) is 1. The molecule has 4 rings (SSSR count). The number of rotatable bonds is 4. The zero-order chi connectivity index (χ0) is 16.9. The number of hydrogen-bond acceptors (Lipinski definition) is 4. The second-order valence-corrected chi connectivity index (χ2v) is 7.33. The first kappa shape index (κ1) is 16.4. The maximum absolute atomic E-state index is 4.89. The van der Waals surface area contributed by atoms with Crippen LogP contribution in [0.25, 0.3) is 11.3 Å². The van der Waals surface area contributed by atoms with Crippen molar-refractivity contribution in [3.05, 3.63) is 36.4 Å². The monoisotopic (exact) mass is 336 g/mol. The molecule has 2 aromatic rings. The molecular weight excluding hydrogens is 308 g/mol. The van der Waals surface area contributed by atoms with Crippen LogP contribution in [0.5, 0.6) is 0 Å². The lowest BCUT2D eigenvalue weighted by molar-refractivity contribution is 0.726. The Morgan fingerprint density at radius 3 is 2.28 bits per heavy atom. The van der Waals surface area contributed by atoms with E-state index in [9.17, 15) is 0 Å². The molecule has 2 fully saturated rings. The Labute approximate surface area is 150 Å². The topological polar surface area (TPSA) is 41.1 Å². The van der Waals surface area contributed by atoms with Gasteiger partial charge < -0.3 is 10.2 Å². The van der Waals surface area contributed by atoms with E-state index in [4.69, 9.17) is 9.97 Å². The van der Waals surface area contributed by atoms with Gasteiger partial charge in [-0.2, -0.15) is 4.98 Å². The smallest absolute Gasteiger partial charge is 0.225 e. The fourth-order valence-electron chi connectivity index (χ4n) is 3.97. The largest absolute Gasteiger partial charge is 0.356 e. The quantitative estimate of drug-likeness (QED) is 0.864. The van der Waals surface area contributed by atoms with E-state index in [2.05, 4.69) is 46.6 Å². The van der Waals surface area contributed by atoms with Gasteiger partial charge >= 0.3 is 0 Å². The predicted molar refractivity (Wildman–Crippen MR) is 104 cm³/mol. The van der Waals surface area contributed by atoms with Crippen molar-refractivity contribution in [2.24, 2.45) is 0 Å². The van der Waals surface area contributed by atoms with Crippen molar-refractivity contribution in [1.29, 1.82) is 0 Å². The molecule has 0 bridgehead atoms. The van der Waals surface area contributed by atoms with Gasteiger partial charge in [-0.3, -0.25) is 0 Å². The highest BCUT2D eigenvalue weighted by Gasteiger charge is 2.18. The molecule has 0 spiro atoms. The molecule has 1 aliphatic carbocycles. The van der Waals surface area contributed by atoms with Crippen molar-refractivity contribution in [2.45, 2.75) is 57.4 Å². The molecule has 1 N–H and O–H groups in total. The minimum absolute atomic E-state index is 0.531. The van der Waals surface area contributed by atoms with Gasteiger partial charge in [0.1, 0.15) is 5.82 Å². The van der Waals surface area contributed by atoms with E-state index < -0.39 is 0 Å². The second kappa shape index (κ2) is 7.85. The van der Waals surface area contributed by atoms with Gasteiger partial charge in [0.05, 0.1) is 5.69 Å². The molecule has 1 saturated heterocycles. The Kier molecular flexibility index (Phi) is 5.14. The van der Waals surface area contributed by atoms with Crippen LogP contribution < -0.4 is 10.2 Å². The highest BCUT2D eigenvalue weighted by Crippen LogP contribution is 2.27. The lowest BCUT2D eigenvalue weighted by Gasteiger charge is -2.23. The van der Waals surface area contributed by atoms with Gasteiger partial charge in [-0.15, -0.1) is 0 Å². The van der Waals surface area contributed by atoms with Crippen LogP contribution >= 0.6 is 0 Å². The average molecular weight is 336 g/mol. The zero-order valence-corrected chi connectivity index (χ0v) is 15.0. The van der Waals surface area contributed by atoms with Crippen LogP contribution in [0.4, 0.5) is 11.8 Å². The third-order valence-corrected chi connectivity index (χ3v) is 5.40. The number of hydrogen-bond donors (Lipinski definition) is 1.